The molecule has 2 aliphatic heterocycles. The van der Waals surface area contributed by atoms with E-state index < -0.39 is 22.0 Å². The zero-order valence-corrected chi connectivity index (χ0v) is 15.6. The summed E-state index contributed by atoms with van der Waals surface area (Å²) in [7, 11) is -2.62. The van der Waals surface area contributed by atoms with Gasteiger partial charge in [-0.3, -0.25) is 9.59 Å². The maximum absolute atomic E-state index is 13.1. The van der Waals surface area contributed by atoms with Crippen LogP contribution in [-0.2, 0) is 24.3 Å². The van der Waals surface area contributed by atoms with Crippen LogP contribution in [0.4, 0.5) is 0 Å². The molecule has 0 radical (unpaired) electrons. The Balaban J connectivity index is 1.92. The lowest BCUT2D eigenvalue weighted by atomic mass is 10.2. The van der Waals surface area contributed by atoms with Crippen molar-refractivity contribution in [3.05, 3.63) is 23.8 Å². The molecule has 8 nitrogen and oxygen atoms in total. The van der Waals surface area contributed by atoms with Gasteiger partial charge in [0.2, 0.25) is 11.8 Å². The molecule has 26 heavy (non-hydrogen) atoms. The Bertz CT molecular complexity index is 817. The van der Waals surface area contributed by atoms with Gasteiger partial charge in [-0.2, -0.15) is 0 Å². The van der Waals surface area contributed by atoms with Crippen molar-refractivity contribution in [3.8, 4) is 5.75 Å². The molecule has 9 heteroatoms. The largest absolute Gasteiger partial charge is 0.496 e. The quantitative estimate of drug-likeness (QED) is 0.755. The van der Waals surface area contributed by atoms with Crippen molar-refractivity contribution in [1.82, 2.24) is 9.21 Å². The molecule has 0 N–H and O–H groups in total. The van der Waals surface area contributed by atoms with Crippen molar-refractivity contribution in [2.75, 3.05) is 33.4 Å². The minimum atomic E-state index is -4.12. The molecule has 2 saturated heterocycles. The van der Waals surface area contributed by atoms with Gasteiger partial charge in [-0.25, -0.2) is 12.7 Å². The third-order valence-corrected chi connectivity index (χ3v) is 6.52. The van der Waals surface area contributed by atoms with Crippen LogP contribution >= 0.6 is 0 Å². The molecule has 2 fully saturated rings. The number of hydrogen-bond acceptors (Lipinski definition) is 6. The number of amides is 2. The summed E-state index contributed by atoms with van der Waals surface area (Å²) in [5.74, 6) is -0.337. The molecule has 2 amide bonds. The molecule has 0 saturated carbocycles. The Morgan fingerprint density at radius 3 is 2.58 bits per heavy atom. The summed E-state index contributed by atoms with van der Waals surface area (Å²) in [6, 6.07) is 3.40. The number of nitrogens with zero attached hydrogens (tertiary/aromatic N) is 2. The van der Waals surface area contributed by atoms with Crippen LogP contribution in [0.2, 0.25) is 0 Å². The average molecular weight is 382 g/mol. The molecule has 2 heterocycles. The van der Waals surface area contributed by atoms with Crippen LogP contribution in [0, 0.1) is 6.92 Å². The lowest BCUT2D eigenvalue weighted by Gasteiger charge is -2.32. The molecule has 1 aromatic rings. The number of ether oxygens (including phenoxy) is 2. The predicted molar refractivity (Wildman–Crippen MR) is 92.2 cm³/mol. The smallest absolute Gasteiger partial charge is 0.267 e. The topological polar surface area (TPSA) is 93.2 Å². The first-order valence-electron chi connectivity index (χ1n) is 8.44. The average Bonchev–Trinajstić information content (AvgIpc) is 3.04. The molecule has 142 valence electrons. The Morgan fingerprint density at radius 2 is 1.96 bits per heavy atom. The van der Waals surface area contributed by atoms with E-state index in [1.165, 1.54) is 19.2 Å². The van der Waals surface area contributed by atoms with Crippen LogP contribution < -0.4 is 4.74 Å². The Morgan fingerprint density at radius 1 is 1.27 bits per heavy atom. The number of aryl methyl sites for hydroxylation is 1. The van der Waals surface area contributed by atoms with E-state index in [0.717, 1.165) is 4.31 Å². The monoisotopic (exact) mass is 382 g/mol. The normalized spacial score (nSPS) is 21.2. The molecular formula is C17H22N2O6S. The SMILES string of the molecule is COc1ccc(S(=O)(=O)N2C(=O)CC[C@@H]2C(=O)N2CCOCC2)cc1C. The molecular weight excluding hydrogens is 360 g/mol. The summed E-state index contributed by atoms with van der Waals surface area (Å²) < 4.78 is 37.3. The van der Waals surface area contributed by atoms with Gasteiger partial charge in [0.15, 0.2) is 0 Å². The van der Waals surface area contributed by atoms with E-state index in [4.69, 9.17) is 9.47 Å². The van der Waals surface area contributed by atoms with Crippen molar-refractivity contribution >= 4 is 21.8 Å². The molecule has 0 unspecified atom stereocenters. The standard InChI is InChI=1S/C17H22N2O6S/c1-12-11-13(3-5-15(12)24-2)26(22,23)19-14(4-6-16(19)20)17(21)18-7-9-25-10-8-18/h3,5,11,14H,4,6-10H2,1-2H3/t14-/m1/s1. The van der Waals surface area contributed by atoms with Gasteiger partial charge in [-0.05, 0) is 37.1 Å². The highest BCUT2D eigenvalue weighted by atomic mass is 32.2. The second-order valence-electron chi connectivity index (χ2n) is 6.32. The van der Waals surface area contributed by atoms with E-state index in [-0.39, 0.29) is 23.6 Å². The summed E-state index contributed by atoms with van der Waals surface area (Å²) in [5.41, 5.74) is 0.635. The van der Waals surface area contributed by atoms with Crippen LogP contribution in [0.15, 0.2) is 23.1 Å². The zero-order chi connectivity index (χ0) is 18.9. The first kappa shape index (κ1) is 18.7. The fraction of sp³-hybridized carbons (Fsp3) is 0.529. The first-order chi connectivity index (χ1) is 12.4. The number of benzene rings is 1. The van der Waals surface area contributed by atoms with Crippen molar-refractivity contribution in [3.63, 3.8) is 0 Å². The third-order valence-electron chi connectivity index (χ3n) is 4.69. The highest BCUT2D eigenvalue weighted by Gasteiger charge is 2.45. The summed E-state index contributed by atoms with van der Waals surface area (Å²) in [4.78, 5) is 26.7. The van der Waals surface area contributed by atoms with Crippen LogP contribution in [0.3, 0.4) is 0 Å². The summed E-state index contributed by atoms with van der Waals surface area (Å²) in [6.45, 7) is 3.35. The number of carbonyl (C=O) groups excluding carboxylic acids is 2. The summed E-state index contributed by atoms with van der Waals surface area (Å²) in [5, 5.41) is 0. The Kier molecular flexibility index (Phi) is 5.19. The summed E-state index contributed by atoms with van der Waals surface area (Å²) in [6.07, 6.45) is 0.235. The van der Waals surface area contributed by atoms with Crippen molar-refractivity contribution in [1.29, 1.82) is 0 Å². The van der Waals surface area contributed by atoms with E-state index >= 15 is 0 Å². The van der Waals surface area contributed by atoms with Gasteiger partial charge in [-0.15, -0.1) is 0 Å². The number of carbonyl (C=O) groups is 2. The van der Waals surface area contributed by atoms with Crippen molar-refractivity contribution in [2.45, 2.75) is 30.7 Å². The second-order valence-corrected chi connectivity index (χ2v) is 8.13. The zero-order valence-electron chi connectivity index (χ0n) is 14.8. The van der Waals surface area contributed by atoms with E-state index in [0.29, 0.717) is 37.6 Å². The number of hydrogen-bond donors (Lipinski definition) is 0. The predicted octanol–water partition coefficient (Wildman–Crippen LogP) is 0.542. The van der Waals surface area contributed by atoms with Crippen molar-refractivity contribution in [2.24, 2.45) is 0 Å². The van der Waals surface area contributed by atoms with Crippen LogP contribution in [0.5, 0.6) is 5.75 Å². The highest BCUT2D eigenvalue weighted by molar-refractivity contribution is 7.89. The fourth-order valence-electron chi connectivity index (χ4n) is 3.31. The molecule has 2 aliphatic rings. The van der Waals surface area contributed by atoms with E-state index in [1.807, 2.05) is 0 Å². The van der Waals surface area contributed by atoms with Gasteiger partial charge in [0, 0.05) is 19.5 Å². The maximum atomic E-state index is 13.1. The highest BCUT2D eigenvalue weighted by Crippen LogP contribution is 2.30. The lowest BCUT2D eigenvalue weighted by Crippen LogP contribution is -2.51. The van der Waals surface area contributed by atoms with Crippen molar-refractivity contribution < 1.29 is 27.5 Å². The van der Waals surface area contributed by atoms with Crippen LogP contribution in [0.1, 0.15) is 18.4 Å². The van der Waals surface area contributed by atoms with Gasteiger partial charge >= 0.3 is 0 Å². The van der Waals surface area contributed by atoms with Gasteiger partial charge in [0.1, 0.15) is 11.8 Å². The van der Waals surface area contributed by atoms with Crippen LogP contribution in [-0.4, -0.2) is 68.9 Å². The molecule has 1 aromatic carbocycles. The first-order valence-corrected chi connectivity index (χ1v) is 9.88. The van der Waals surface area contributed by atoms with Gasteiger partial charge in [0.25, 0.3) is 10.0 Å². The summed E-state index contributed by atoms with van der Waals surface area (Å²) >= 11 is 0. The third kappa shape index (κ3) is 3.28. The number of methoxy groups -OCH3 is 1. The molecule has 0 aromatic heterocycles. The van der Waals surface area contributed by atoms with Gasteiger partial charge in [0.05, 0.1) is 25.2 Å². The molecule has 3 rings (SSSR count). The second kappa shape index (κ2) is 7.24. The van der Waals surface area contributed by atoms with Gasteiger partial charge in [-0.1, -0.05) is 0 Å². The fourth-order valence-corrected chi connectivity index (χ4v) is 4.99. The maximum Gasteiger partial charge on any atom is 0.267 e. The van der Waals surface area contributed by atoms with Crippen LogP contribution in [0.25, 0.3) is 0 Å². The number of rotatable bonds is 4. The minimum Gasteiger partial charge on any atom is -0.496 e. The number of sulfonamides is 1. The Hall–Kier alpha value is -2.13. The van der Waals surface area contributed by atoms with E-state index in [2.05, 4.69) is 0 Å². The number of morpholine rings is 1. The molecule has 0 bridgehead atoms. The minimum absolute atomic E-state index is 0.0224. The van der Waals surface area contributed by atoms with E-state index in [1.54, 1.807) is 17.9 Å². The van der Waals surface area contributed by atoms with Gasteiger partial charge < -0.3 is 14.4 Å². The molecule has 0 aliphatic carbocycles. The molecule has 1 atom stereocenters. The van der Waals surface area contributed by atoms with E-state index in [9.17, 15) is 18.0 Å². The lowest BCUT2D eigenvalue weighted by molar-refractivity contribution is -0.141. The Labute approximate surface area is 152 Å². The molecule has 0 spiro atoms.